The Balaban J connectivity index is 1.95. The fourth-order valence-electron chi connectivity index (χ4n) is 1.71. The van der Waals surface area contributed by atoms with Crippen molar-refractivity contribution in [3.8, 4) is 0 Å². The molecule has 1 aromatic heterocycles. The monoisotopic (exact) mass is 278 g/mol. The smallest absolute Gasteiger partial charge is 0.191 e. The Morgan fingerprint density at radius 2 is 2.05 bits per heavy atom. The molecule has 2 N–H and O–H groups in total. The lowest BCUT2D eigenvalue weighted by atomic mass is 10.1. The van der Waals surface area contributed by atoms with Crippen LogP contribution in [0, 0.1) is 0 Å². The maximum absolute atomic E-state index is 10.1. The van der Waals surface area contributed by atoms with Crippen molar-refractivity contribution in [2.24, 2.45) is 7.05 Å². The van der Waals surface area contributed by atoms with Crippen LogP contribution in [0.5, 0.6) is 0 Å². The lowest BCUT2D eigenvalue weighted by Crippen LogP contribution is -2.10. The lowest BCUT2D eigenvalue weighted by Gasteiger charge is -2.10. The van der Waals surface area contributed by atoms with Crippen molar-refractivity contribution in [3.05, 3.63) is 41.7 Å². The lowest BCUT2D eigenvalue weighted by molar-refractivity contribution is 0.204. The number of benzene rings is 1. The molecule has 0 aliphatic carbocycles. The second-order valence-corrected chi connectivity index (χ2v) is 5.21. The summed E-state index contributed by atoms with van der Waals surface area (Å²) >= 11 is 1.51. The van der Waals surface area contributed by atoms with Gasteiger partial charge in [0.1, 0.15) is 5.82 Å². The van der Waals surface area contributed by atoms with Gasteiger partial charge in [-0.3, -0.25) is 0 Å². The fraction of sp³-hybridized carbons (Fsp3) is 0.385. The van der Waals surface area contributed by atoms with E-state index in [1.807, 2.05) is 49.0 Å². The van der Waals surface area contributed by atoms with Crippen LogP contribution in [0.3, 0.4) is 0 Å². The summed E-state index contributed by atoms with van der Waals surface area (Å²) in [7, 11) is 3.81. The molecule has 5 nitrogen and oxygen atoms in total. The topological polar surface area (TPSA) is 63.0 Å². The van der Waals surface area contributed by atoms with Crippen molar-refractivity contribution in [2.75, 3.05) is 12.8 Å². The van der Waals surface area contributed by atoms with Crippen LogP contribution < -0.4 is 5.32 Å². The van der Waals surface area contributed by atoms with E-state index in [1.54, 1.807) is 0 Å². The number of aliphatic hydroxyl groups excluding tert-OH is 1. The maximum Gasteiger partial charge on any atom is 0.191 e. The van der Waals surface area contributed by atoms with Gasteiger partial charge in [-0.2, -0.15) is 0 Å². The van der Waals surface area contributed by atoms with Gasteiger partial charge in [-0.1, -0.05) is 42.1 Å². The van der Waals surface area contributed by atoms with Crippen molar-refractivity contribution in [2.45, 2.75) is 17.8 Å². The van der Waals surface area contributed by atoms with Gasteiger partial charge in [0, 0.05) is 12.8 Å². The normalized spacial score (nSPS) is 12.6. The zero-order valence-electron chi connectivity index (χ0n) is 11.1. The average Bonchev–Trinajstić information content (AvgIpc) is 2.79. The molecule has 6 heteroatoms. The number of hydrogen-bond acceptors (Lipinski definition) is 5. The summed E-state index contributed by atoms with van der Waals surface area (Å²) in [5.74, 6) is 1.45. The van der Waals surface area contributed by atoms with E-state index in [4.69, 9.17) is 0 Å². The first-order valence-electron chi connectivity index (χ1n) is 6.11. The number of nitrogens with zero attached hydrogens (tertiary/aromatic N) is 3. The fourth-order valence-corrected chi connectivity index (χ4v) is 2.60. The summed E-state index contributed by atoms with van der Waals surface area (Å²) in [6, 6.07) is 9.64. The summed E-state index contributed by atoms with van der Waals surface area (Å²) in [6.45, 7) is 0.686. The van der Waals surface area contributed by atoms with E-state index in [2.05, 4.69) is 15.5 Å². The van der Waals surface area contributed by atoms with Gasteiger partial charge in [0.05, 0.1) is 12.6 Å². The zero-order valence-corrected chi connectivity index (χ0v) is 11.9. The molecule has 0 amide bonds. The first kappa shape index (κ1) is 14.0. The molecule has 1 atom stereocenters. The highest BCUT2D eigenvalue weighted by Gasteiger charge is 2.12. The van der Waals surface area contributed by atoms with Crippen molar-refractivity contribution < 1.29 is 5.11 Å². The molecule has 0 aliphatic heterocycles. The molecule has 1 aromatic carbocycles. The van der Waals surface area contributed by atoms with Gasteiger partial charge < -0.3 is 15.0 Å². The van der Waals surface area contributed by atoms with Crippen LogP contribution in [-0.2, 0) is 13.6 Å². The van der Waals surface area contributed by atoms with Gasteiger partial charge in [0.2, 0.25) is 0 Å². The van der Waals surface area contributed by atoms with Gasteiger partial charge in [-0.25, -0.2) is 0 Å². The Labute approximate surface area is 117 Å². The molecule has 2 aromatic rings. The van der Waals surface area contributed by atoms with Crippen LogP contribution >= 0.6 is 11.8 Å². The molecule has 2 rings (SSSR count). The minimum Gasteiger partial charge on any atom is -0.388 e. The third-order valence-corrected chi connectivity index (χ3v) is 3.91. The van der Waals surface area contributed by atoms with E-state index in [0.29, 0.717) is 12.3 Å². The van der Waals surface area contributed by atoms with E-state index in [0.717, 1.165) is 16.5 Å². The van der Waals surface area contributed by atoms with Crippen LogP contribution in [0.4, 0.5) is 0 Å². The Morgan fingerprint density at radius 1 is 1.32 bits per heavy atom. The summed E-state index contributed by atoms with van der Waals surface area (Å²) < 4.78 is 1.94. The van der Waals surface area contributed by atoms with Gasteiger partial charge in [-0.15, -0.1) is 10.2 Å². The molecule has 0 spiro atoms. The van der Waals surface area contributed by atoms with E-state index < -0.39 is 6.10 Å². The second kappa shape index (κ2) is 6.70. The van der Waals surface area contributed by atoms with Gasteiger partial charge >= 0.3 is 0 Å². The first-order chi connectivity index (χ1) is 9.22. The van der Waals surface area contributed by atoms with Crippen LogP contribution in [0.15, 0.2) is 35.5 Å². The number of aromatic nitrogens is 3. The number of aliphatic hydroxyl groups is 1. The highest BCUT2D eigenvalue weighted by Crippen LogP contribution is 2.23. The highest BCUT2D eigenvalue weighted by molar-refractivity contribution is 7.99. The molecule has 0 fully saturated rings. The van der Waals surface area contributed by atoms with Crippen molar-refractivity contribution in [1.82, 2.24) is 20.1 Å². The van der Waals surface area contributed by atoms with E-state index in [-0.39, 0.29) is 0 Å². The van der Waals surface area contributed by atoms with Crippen molar-refractivity contribution in [1.29, 1.82) is 0 Å². The minimum atomic E-state index is -0.490. The quantitative estimate of drug-likeness (QED) is 0.781. The predicted octanol–water partition coefficient (Wildman–Crippen LogP) is 1.36. The van der Waals surface area contributed by atoms with Gasteiger partial charge in [0.25, 0.3) is 0 Å². The standard InChI is InChI=1S/C13H18N4OS/c1-14-8-12-15-16-13(17(12)2)19-9-11(18)10-6-4-3-5-7-10/h3-7,11,14,18H,8-9H2,1-2H3/t11-/m1/s1. The van der Waals surface area contributed by atoms with Gasteiger partial charge in [0.15, 0.2) is 5.16 Å². The van der Waals surface area contributed by atoms with Crippen LogP contribution in [-0.4, -0.2) is 32.7 Å². The van der Waals surface area contributed by atoms with Gasteiger partial charge in [-0.05, 0) is 12.6 Å². The van der Waals surface area contributed by atoms with E-state index in [1.165, 1.54) is 11.8 Å². The Hall–Kier alpha value is -1.37. The Bertz CT molecular complexity index is 515. The van der Waals surface area contributed by atoms with E-state index in [9.17, 15) is 5.11 Å². The molecule has 1 heterocycles. The molecular formula is C13H18N4OS. The molecule has 0 unspecified atom stereocenters. The SMILES string of the molecule is CNCc1nnc(SC[C@@H](O)c2ccccc2)n1C. The summed E-state index contributed by atoms with van der Waals surface area (Å²) in [6.07, 6.45) is -0.490. The molecule has 0 bridgehead atoms. The number of nitrogens with one attached hydrogen (secondary N) is 1. The molecule has 19 heavy (non-hydrogen) atoms. The molecule has 102 valence electrons. The van der Waals surface area contributed by atoms with Crippen molar-refractivity contribution >= 4 is 11.8 Å². The van der Waals surface area contributed by atoms with Crippen LogP contribution in [0.2, 0.25) is 0 Å². The third-order valence-electron chi connectivity index (χ3n) is 2.81. The largest absolute Gasteiger partial charge is 0.388 e. The summed E-state index contributed by atoms with van der Waals surface area (Å²) in [5, 5.41) is 22.2. The number of hydrogen-bond donors (Lipinski definition) is 2. The maximum atomic E-state index is 10.1. The molecular weight excluding hydrogens is 260 g/mol. The first-order valence-corrected chi connectivity index (χ1v) is 7.09. The minimum absolute atomic E-state index is 0.490. The zero-order chi connectivity index (χ0) is 13.7. The van der Waals surface area contributed by atoms with Crippen LogP contribution in [0.1, 0.15) is 17.5 Å². The van der Waals surface area contributed by atoms with Crippen molar-refractivity contribution in [3.63, 3.8) is 0 Å². The Morgan fingerprint density at radius 3 is 2.74 bits per heavy atom. The second-order valence-electron chi connectivity index (χ2n) is 4.23. The average molecular weight is 278 g/mol. The number of thioether (sulfide) groups is 1. The summed E-state index contributed by atoms with van der Waals surface area (Å²) in [4.78, 5) is 0. The molecule has 0 aliphatic rings. The van der Waals surface area contributed by atoms with E-state index >= 15 is 0 Å². The third kappa shape index (κ3) is 3.56. The number of rotatable bonds is 6. The predicted molar refractivity (Wildman–Crippen MR) is 75.9 cm³/mol. The molecule has 0 saturated heterocycles. The molecule has 0 saturated carbocycles. The van der Waals surface area contributed by atoms with Crippen LogP contribution in [0.25, 0.3) is 0 Å². The highest BCUT2D eigenvalue weighted by atomic mass is 32.2. The summed E-state index contributed by atoms with van der Waals surface area (Å²) in [5.41, 5.74) is 0.924. The molecule has 0 radical (unpaired) electrons. The Kier molecular flexibility index (Phi) is 4.95.